The van der Waals surface area contributed by atoms with Crippen molar-refractivity contribution in [3.63, 3.8) is 0 Å². The second kappa shape index (κ2) is 5.13. The third kappa shape index (κ3) is 2.56. The molecule has 4 heteroatoms. The van der Waals surface area contributed by atoms with Crippen molar-refractivity contribution >= 4 is 11.5 Å². The molecule has 0 radical (unpaired) electrons. The standard InChI is InChI=1S/C18H20FN3/c1-12-8-7-11-22-16(12)20-15(17(22)21-18(2,3)4)13-9-5-6-10-14(13)19/h5-11,21H,1-4H3. The van der Waals surface area contributed by atoms with Gasteiger partial charge in [0.1, 0.15) is 23.0 Å². The molecule has 22 heavy (non-hydrogen) atoms. The van der Waals surface area contributed by atoms with E-state index in [1.807, 2.05) is 35.7 Å². The summed E-state index contributed by atoms with van der Waals surface area (Å²) in [5.74, 6) is 0.553. The normalized spacial score (nSPS) is 11.9. The minimum absolute atomic E-state index is 0.153. The molecule has 0 fully saturated rings. The lowest BCUT2D eigenvalue weighted by Gasteiger charge is -2.22. The van der Waals surface area contributed by atoms with Gasteiger partial charge in [0.25, 0.3) is 0 Å². The molecule has 0 amide bonds. The minimum Gasteiger partial charge on any atom is -0.365 e. The van der Waals surface area contributed by atoms with E-state index in [4.69, 9.17) is 0 Å². The lowest BCUT2D eigenvalue weighted by molar-refractivity contribution is 0.625. The number of imidazole rings is 1. The first-order valence-corrected chi connectivity index (χ1v) is 7.37. The van der Waals surface area contributed by atoms with Gasteiger partial charge in [0.15, 0.2) is 0 Å². The van der Waals surface area contributed by atoms with Gasteiger partial charge in [-0.15, -0.1) is 0 Å². The van der Waals surface area contributed by atoms with Crippen LogP contribution in [-0.2, 0) is 0 Å². The first kappa shape index (κ1) is 14.6. The maximum Gasteiger partial charge on any atom is 0.142 e. The van der Waals surface area contributed by atoms with Gasteiger partial charge in [-0.25, -0.2) is 9.37 Å². The number of aromatic nitrogens is 2. The number of anilines is 1. The average molecular weight is 297 g/mol. The van der Waals surface area contributed by atoms with Crippen molar-refractivity contribution in [2.75, 3.05) is 5.32 Å². The molecule has 2 aromatic heterocycles. The lowest BCUT2D eigenvalue weighted by Crippen LogP contribution is -2.27. The van der Waals surface area contributed by atoms with Crippen molar-refractivity contribution in [2.24, 2.45) is 0 Å². The largest absolute Gasteiger partial charge is 0.365 e. The highest BCUT2D eigenvalue weighted by Crippen LogP contribution is 2.32. The number of benzene rings is 1. The summed E-state index contributed by atoms with van der Waals surface area (Å²) in [7, 11) is 0. The summed E-state index contributed by atoms with van der Waals surface area (Å²) < 4.78 is 16.2. The molecule has 0 aliphatic heterocycles. The maximum atomic E-state index is 14.2. The number of aryl methyl sites for hydroxylation is 1. The van der Waals surface area contributed by atoms with Gasteiger partial charge in [-0.3, -0.25) is 4.40 Å². The molecule has 3 aromatic rings. The van der Waals surface area contributed by atoms with Crippen molar-refractivity contribution in [1.29, 1.82) is 0 Å². The summed E-state index contributed by atoms with van der Waals surface area (Å²) in [6, 6.07) is 10.7. The fraction of sp³-hybridized carbons (Fsp3) is 0.278. The Hall–Kier alpha value is -2.36. The molecule has 2 heterocycles. The van der Waals surface area contributed by atoms with Crippen molar-refractivity contribution in [3.8, 4) is 11.3 Å². The number of rotatable bonds is 2. The monoisotopic (exact) mass is 297 g/mol. The van der Waals surface area contributed by atoms with E-state index in [-0.39, 0.29) is 11.4 Å². The van der Waals surface area contributed by atoms with Crippen LogP contribution in [-0.4, -0.2) is 14.9 Å². The summed E-state index contributed by atoms with van der Waals surface area (Å²) in [6.07, 6.45) is 1.95. The van der Waals surface area contributed by atoms with Gasteiger partial charge >= 0.3 is 0 Å². The first-order valence-electron chi connectivity index (χ1n) is 7.37. The van der Waals surface area contributed by atoms with E-state index in [0.29, 0.717) is 11.3 Å². The predicted octanol–water partition coefficient (Wildman–Crippen LogP) is 4.66. The molecule has 0 bridgehead atoms. The fourth-order valence-electron chi connectivity index (χ4n) is 2.52. The van der Waals surface area contributed by atoms with Crippen molar-refractivity contribution in [1.82, 2.24) is 9.38 Å². The first-order chi connectivity index (χ1) is 10.4. The number of nitrogens with one attached hydrogen (secondary N) is 1. The van der Waals surface area contributed by atoms with E-state index in [2.05, 4.69) is 31.1 Å². The van der Waals surface area contributed by atoms with Gasteiger partial charge in [0.2, 0.25) is 0 Å². The molecule has 0 atom stereocenters. The number of nitrogens with zero attached hydrogens (tertiary/aromatic N) is 2. The zero-order chi connectivity index (χ0) is 15.9. The average Bonchev–Trinajstić information content (AvgIpc) is 2.78. The smallest absolute Gasteiger partial charge is 0.142 e. The van der Waals surface area contributed by atoms with E-state index < -0.39 is 0 Å². The molecule has 1 N–H and O–H groups in total. The zero-order valence-electron chi connectivity index (χ0n) is 13.3. The third-order valence-electron chi connectivity index (χ3n) is 3.47. The van der Waals surface area contributed by atoms with Crippen LogP contribution >= 0.6 is 0 Å². The quantitative estimate of drug-likeness (QED) is 0.745. The molecule has 0 spiro atoms. The van der Waals surface area contributed by atoms with Crippen molar-refractivity contribution in [3.05, 3.63) is 54.0 Å². The second-order valence-corrected chi connectivity index (χ2v) is 6.55. The summed E-state index contributed by atoms with van der Waals surface area (Å²) in [5, 5.41) is 3.46. The summed E-state index contributed by atoms with van der Waals surface area (Å²) in [6.45, 7) is 8.24. The summed E-state index contributed by atoms with van der Waals surface area (Å²) in [5.41, 5.74) is 2.90. The molecule has 0 saturated carbocycles. The highest BCUT2D eigenvalue weighted by atomic mass is 19.1. The Labute approximate surface area is 129 Å². The second-order valence-electron chi connectivity index (χ2n) is 6.55. The maximum absolute atomic E-state index is 14.2. The molecular formula is C18H20FN3. The Bertz CT molecular complexity index is 828. The highest BCUT2D eigenvalue weighted by Gasteiger charge is 2.21. The van der Waals surface area contributed by atoms with E-state index in [0.717, 1.165) is 17.0 Å². The third-order valence-corrected chi connectivity index (χ3v) is 3.47. The molecule has 3 rings (SSSR count). The van der Waals surface area contributed by atoms with E-state index in [1.165, 1.54) is 6.07 Å². The van der Waals surface area contributed by atoms with Crippen LogP contribution in [0.3, 0.4) is 0 Å². The van der Waals surface area contributed by atoms with Crippen LogP contribution in [0.1, 0.15) is 26.3 Å². The van der Waals surface area contributed by atoms with Gasteiger partial charge in [0.05, 0.1) is 0 Å². The number of pyridine rings is 1. The van der Waals surface area contributed by atoms with Gasteiger partial charge in [-0.05, 0) is 51.5 Å². The highest BCUT2D eigenvalue weighted by molar-refractivity contribution is 5.78. The SMILES string of the molecule is Cc1cccn2c(NC(C)(C)C)c(-c3ccccc3F)nc12. The van der Waals surface area contributed by atoms with Crippen LogP contribution in [0.25, 0.3) is 16.9 Å². The number of fused-ring (bicyclic) bond motifs is 1. The molecular weight excluding hydrogens is 277 g/mol. The Kier molecular flexibility index (Phi) is 3.39. The molecule has 0 saturated heterocycles. The van der Waals surface area contributed by atoms with Gasteiger partial charge in [-0.1, -0.05) is 18.2 Å². The summed E-state index contributed by atoms with van der Waals surface area (Å²) in [4.78, 5) is 4.69. The molecule has 114 valence electrons. The van der Waals surface area contributed by atoms with Crippen molar-refractivity contribution < 1.29 is 4.39 Å². The predicted molar refractivity (Wildman–Crippen MR) is 88.7 cm³/mol. The minimum atomic E-state index is -0.263. The van der Waals surface area contributed by atoms with Gasteiger partial charge < -0.3 is 5.32 Å². The van der Waals surface area contributed by atoms with Gasteiger partial charge in [-0.2, -0.15) is 0 Å². The molecule has 0 unspecified atom stereocenters. The molecule has 0 aliphatic rings. The van der Waals surface area contributed by atoms with Crippen LogP contribution < -0.4 is 5.32 Å². The summed E-state index contributed by atoms with van der Waals surface area (Å²) >= 11 is 0. The Morgan fingerprint density at radius 2 is 1.82 bits per heavy atom. The van der Waals surface area contributed by atoms with Crippen molar-refractivity contribution in [2.45, 2.75) is 33.2 Å². The van der Waals surface area contributed by atoms with Crippen LogP contribution in [0.15, 0.2) is 42.6 Å². The van der Waals surface area contributed by atoms with Crippen LogP contribution in [0.4, 0.5) is 10.2 Å². The number of hydrogen-bond acceptors (Lipinski definition) is 2. The van der Waals surface area contributed by atoms with Crippen LogP contribution in [0.2, 0.25) is 0 Å². The van der Waals surface area contributed by atoms with Crippen LogP contribution in [0, 0.1) is 12.7 Å². The zero-order valence-corrected chi connectivity index (χ0v) is 13.3. The van der Waals surface area contributed by atoms with E-state index in [9.17, 15) is 4.39 Å². The number of hydrogen-bond donors (Lipinski definition) is 1. The molecule has 1 aromatic carbocycles. The number of halogens is 1. The molecule has 3 nitrogen and oxygen atoms in total. The van der Waals surface area contributed by atoms with E-state index >= 15 is 0 Å². The van der Waals surface area contributed by atoms with Crippen LogP contribution in [0.5, 0.6) is 0 Å². The topological polar surface area (TPSA) is 29.3 Å². The Balaban J connectivity index is 2.31. The van der Waals surface area contributed by atoms with Gasteiger partial charge in [0, 0.05) is 17.3 Å². The lowest BCUT2D eigenvalue weighted by atomic mass is 10.1. The Morgan fingerprint density at radius 3 is 2.50 bits per heavy atom. The molecule has 0 aliphatic carbocycles. The fourth-order valence-corrected chi connectivity index (χ4v) is 2.52. The Morgan fingerprint density at radius 1 is 1.09 bits per heavy atom. The van der Waals surface area contributed by atoms with E-state index in [1.54, 1.807) is 12.1 Å².